The zero-order valence-corrected chi connectivity index (χ0v) is 15.1. The molecule has 3 rings (SSSR count). The van der Waals surface area contributed by atoms with Gasteiger partial charge in [-0.1, -0.05) is 23.7 Å². The lowest BCUT2D eigenvalue weighted by Crippen LogP contribution is -2.25. The number of benzene rings is 1. The highest BCUT2D eigenvalue weighted by Crippen LogP contribution is 2.33. The van der Waals surface area contributed by atoms with Crippen LogP contribution in [0.2, 0.25) is 5.02 Å². The molecule has 1 amide bonds. The van der Waals surface area contributed by atoms with Crippen LogP contribution in [0.25, 0.3) is 5.65 Å². The molecule has 0 saturated heterocycles. The van der Waals surface area contributed by atoms with Crippen LogP contribution >= 0.6 is 11.6 Å². The van der Waals surface area contributed by atoms with Crippen molar-refractivity contribution in [1.82, 2.24) is 14.7 Å². The van der Waals surface area contributed by atoms with Gasteiger partial charge in [0.15, 0.2) is 5.65 Å². The number of methoxy groups -OCH3 is 1. The van der Waals surface area contributed by atoms with E-state index in [1.165, 1.54) is 0 Å². The van der Waals surface area contributed by atoms with E-state index >= 15 is 0 Å². The van der Waals surface area contributed by atoms with E-state index in [0.29, 0.717) is 5.75 Å². The second-order valence-corrected chi connectivity index (χ2v) is 6.25. The first-order valence-corrected chi connectivity index (χ1v) is 8.25. The smallest absolute Gasteiger partial charge is 0.417 e. The maximum Gasteiger partial charge on any atom is 0.417 e. The van der Waals surface area contributed by atoms with Gasteiger partial charge in [-0.2, -0.15) is 13.2 Å². The number of halogens is 4. The van der Waals surface area contributed by atoms with Crippen molar-refractivity contribution in [3.8, 4) is 5.75 Å². The van der Waals surface area contributed by atoms with Gasteiger partial charge in [0.2, 0.25) is 0 Å². The van der Waals surface area contributed by atoms with E-state index in [4.69, 9.17) is 16.3 Å². The van der Waals surface area contributed by atoms with Crippen LogP contribution in [0.4, 0.5) is 13.2 Å². The zero-order valence-electron chi connectivity index (χ0n) is 14.4. The highest BCUT2D eigenvalue weighted by Gasteiger charge is 2.32. The van der Waals surface area contributed by atoms with E-state index in [2.05, 4.69) is 10.3 Å². The molecule has 142 valence electrons. The molecule has 1 N–H and O–H groups in total. The van der Waals surface area contributed by atoms with E-state index < -0.39 is 17.6 Å². The number of alkyl halides is 3. The Morgan fingerprint density at radius 1 is 1.30 bits per heavy atom. The van der Waals surface area contributed by atoms with Crippen molar-refractivity contribution in [3.63, 3.8) is 0 Å². The molecule has 0 radical (unpaired) electrons. The molecule has 27 heavy (non-hydrogen) atoms. The highest BCUT2D eigenvalue weighted by atomic mass is 35.5. The van der Waals surface area contributed by atoms with Gasteiger partial charge in [-0.3, -0.25) is 9.20 Å². The Kier molecular flexibility index (Phi) is 5.01. The summed E-state index contributed by atoms with van der Waals surface area (Å²) in [5.41, 5.74) is 0.234. The molecule has 9 heteroatoms. The lowest BCUT2D eigenvalue weighted by Gasteiger charge is -2.10. The first-order chi connectivity index (χ1) is 12.7. The molecule has 0 saturated carbocycles. The van der Waals surface area contributed by atoms with Crippen molar-refractivity contribution < 1.29 is 22.7 Å². The third-order valence-electron chi connectivity index (χ3n) is 4.00. The molecule has 0 bridgehead atoms. The van der Waals surface area contributed by atoms with E-state index in [9.17, 15) is 18.0 Å². The lowest BCUT2D eigenvalue weighted by molar-refractivity contribution is -0.137. The Morgan fingerprint density at radius 2 is 1.96 bits per heavy atom. The van der Waals surface area contributed by atoms with Gasteiger partial charge in [0.05, 0.1) is 23.4 Å². The summed E-state index contributed by atoms with van der Waals surface area (Å²) in [4.78, 5) is 16.7. The Hall–Kier alpha value is -2.74. The van der Waals surface area contributed by atoms with Gasteiger partial charge in [0.1, 0.15) is 11.4 Å². The summed E-state index contributed by atoms with van der Waals surface area (Å²) in [7, 11) is 1.55. The molecule has 5 nitrogen and oxygen atoms in total. The van der Waals surface area contributed by atoms with Gasteiger partial charge in [-0.25, -0.2) is 4.98 Å². The third kappa shape index (κ3) is 3.85. The van der Waals surface area contributed by atoms with Crippen LogP contribution in [0.1, 0.15) is 27.3 Å². The van der Waals surface area contributed by atoms with Crippen LogP contribution in [0.15, 0.2) is 36.5 Å². The number of ether oxygens (including phenoxy) is 1. The number of aryl methyl sites for hydroxylation is 1. The summed E-state index contributed by atoms with van der Waals surface area (Å²) in [6.07, 6.45) is -3.77. The van der Waals surface area contributed by atoms with Crippen molar-refractivity contribution in [1.29, 1.82) is 0 Å². The molecule has 2 aromatic heterocycles. The Labute approximate surface area is 157 Å². The van der Waals surface area contributed by atoms with Crippen molar-refractivity contribution in [2.45, 2.75) is 19.6 Å². The van der Waals surface area contributed by atoms with E-state index in [0.717, 1.165) is 22.2 Å². The van der Waals surface area contributed by atoms with Crippen molar-refractivity contribution in [2.24, 2.45) is 0 Å². The number of pyridine rings is 1. The van der Waals surface area contributed by atoms with Gasteiger partial charge in [0.25, 0.3) is 5.91 Å². The standard InChI is InChI=1S/C18H15ClF3N3O2/c1-10-15(17(26)23-8-11-3-5-13(27-2)6-4-11)25-9-12(18(20,21)22)7-14(19)16(25)24-10/h3-7,9H,8H2,1-2H3,(H,23,26). The van der Waals surface area contributed by atoms with Crippen LogP contribution in [-0.4, -0.2) is 22.4 Å². The van der Waals surface area contributed by atoms with E-state index in [-0.39, 0.29) is 28.6 Å². The number of amides is 1. The van der Waals surface area contributed by atoms with E-state index in [1.54, 1.807) is 38.3 Å². The lowest BCUT2D eigenvalue weighted by atomic mass is 10.2. The predicted octanol–water partition coefficient (Wildman–Crippen LogP) is 4.25. The second-order valence-electron chi connectivity index (χ2n) is 5.84. The van der Waals surface area contributed by atoms with Crippen LogP contribution in [0, 0.1) is 6.92 Å². The molecule has 0 spiro atoms. The van der Waals surface area contributed by atoms with Crippen molar-refractivity contribution >= 4 is 23.2 Å². The number of hydrogen-bond acceptors (Lipinski definition) is 3. The number of nitrogens with zero attached hydrogens (tertiary/aromatic N) is 2. The summed E-state index contributed by atoms with van der Waals surface area (Å²) in [5, 5.41) is 2.51. The SMILES string of the molecule is COc1ccc(CNC(=O)c2c(C)nc3c(Cl)cc(C(F)(F)F)cn23)cc1. The third-order valence-corrected chi connectivity index (χ3v) is 4.28. The molecule has 0 aliphatic heterocycles. The van der Waals surface area contributed by atoms with Crippen molar-refractivity contribution in [2.75, 3.05) is 7.11 Å². The minimum atomic E-state index is -4.59. The van der Waals surface area contributed by atoms with Gasteiger partial charge < -0.3 is 10.1 Å². The molecule has 0 aliphatic rings. The molecule has 0 aliphatic carbocycles. The molecule has 1 aromatic carbocycles. The Morgan fingerprint density at radius 3 is 2.56 bits per heavy atom. The predicted molar refractivity (Wildman–Crippen MR) is 94.1 cm³/mol. The molecule has 3 aromatic rings. The van der Waals surface area contributed by atoms with Crippen LogP contribution in [-0.2, 0) is 12.7 Å². The van der Waals surface area contributed by atoms with Crippen LogP contribution in [0.5, 0.6) is 5.75 Å². The quantitative estimate of drug-likeness (QED) is 0.716. The number of rotatable bonds is 4. The average molecular weight is 398 g/mol. The minimum absolute atomic E-state index is 0.00603. The fraction of sp³-hybridized carbons (Fsp3) is 0.222. The molecule has 0 atom stereocenters. The van der Waals surface area contributed by atoms with Gasteiger partial charge in [-0.15, -0.1) is 0 Å². The molecular weight excluding hydrogens is 383 g/mol. The second kappa shape index (κ2) is 7.11. The fourth-order valence-electron chi connectivity index (χ4n) is 2.66. The normalized spacial score (nSPS) is 11.6. The number of imidazole rings is 1. The Bertz CT molecular complexity index is 998. The number of aromatic nitrogens is 2. The summed E-state index contributed by atoms with van der Waals surface area (Å²) in [6, 6.07) is 7.84. The number of carbonyl (C=O) groups excluding carboxylic acids is 1. The topological polar surface area (TPSA) is 55.6 Å². The van der Waals surface area contributed by atoms with Crippen molar-refractivity contribution in [3.05, 3.63) is 64.1 Å². The number of nitrogens with one attached hydrogen (secondary N) is 1. The monoisotopic (exact) mass is 397 g/mol. The number of carbonyl (C=O) groups is 1. The first-order valence-electron chi connectivity index (χ1n) is 7.87. The fourth-order valence-corrected chi connectivity index (χ4v) is 2.91. The van der Waals surface area contributed by atoms with E-state index in [1.807, 2.05) is 0 Å². The number of fused-ring (bicyclic) bond motifs is 1. The van der Waals surface area contributed by atoms with Crippen LogP contribution in [0.3, 0.4) is 0 Å². The molecule has 0 unspecified atom stereocenters. The molecule has 2 heterocycles. The number of hydrogen-bond donors (Lipinski definition) is 1. The summed E-state index contributed by atoms with van der Waals surface area (Å²) in [5.74, 6) is 0.128. The summed E-state index contributed by atoms with van der Waals surface area (Å²) < 4.78 is 45.3. The first kappa shape index (κ1) is 19.0. The maximum atomic E-state index is 13.1. The average Bonchev–Trinajstić information content (AvgIpc) is 2.96. The maximum absolute atomic E-state index is 13.1. The highest BCUT2D eigenvalue weighted by molar-refractivity contribution is 6.33. The van der Waals surface area contributed by atoms with Gasteiger partial charge in [0, 0.05) is 12.7 Å². The summed E-state index contributed by atoms with van der Waals surface area (Å²) in [6.45, 7) is 1.74. The van der Waals surface area contributed by atoms with Gasteiger partial charge >= 0.3 is 6.18 Å². The molecule has 0 fully saturated rings. The molecular formula is C18H15ClF3N3O2. The Balaban J connectivity index is 1.91. The van der Waals surface area contributed by atoms with Crippen LogP contribution < -0.4 is 10.1 Å². The minimum Gasteiger partial charge on any atom is -0.497 e. The largest absolute Gasteiger partial charge is 0.497 e. The van der Waals surface area contributed by atoms with Gasteiger partial charge in [-0.05, 0) is 30.7 Å². The summed E-state index contributed by atoms with van der Waals surface area (Å²) >= 11 is 5.93. The zero-order chi connectivity index (χ0) is 19.8.